The minimum absolute atomic E-state index is 0.269. The maximum Gasteiger partial charge on any atom is 0.149 e. The molecule has 0 aromatic heterocycles. The molecule has 2 aliphatic heterocycles. The van der Waals surface area contributed by atoms with Crippen LogP contribution in [0.25, 0.3) is 0 Å². The van der Waals surface area contributed by atoms with Gasteiger partial charge in [0.25, 0.3) is 0 Å². The molecule has 4 nitrogen and oxygen atoms in total. The number of ether oxygens (including phenoxy) is 1. The van der Waals surface area contributed by atoms with Crippen molar-refractivity contribution in [2.45, 2.75) is 12.1 Å². The highest BCUT2D eigenvalue weighted by molar-refractivity contribution is 5.37. The minimum Gasteiger partial charge on any atom is -0.370 e. The van der Waals surface area contributed by atoms with Gasteiger partial charge in [0.15, 0.2) is 0 Å². The van der Waals surface area contributed by atoms with Crippen LogP contribution in [0, 0.1) is 23.0 Å². The van der Waals surface area contributed by atoms with E-state index >= 15 is 0 Å². The molecule has 0 saturated carbocycles. The molecular formula is C15H17F2N3O. The smallest absolute Gasteiger partial charge is 0.149 e. The van der Waals surface area contributed by atoms with Gasteiger partial charge in [-0.1, -0.05) is 6.07 Å². The summed E-state index contributed by atoms with van der Waals surface area (Å²) in [6, 6.07) is 4.41. The number of piperazine rings is 1. The Kier molecular flexibility index (Phi) is 3.89. The number of nitrogens with zero attached hydrogens (tertiary/aromatic N) is 3. The fourth-order valence-corrected chi connectivity index (χ4v) is 3.05. The Labute approximate surface area is 122 Å². The topological polar surface area (TPSA) is 39.5 Å². The van der Waals surface area contributed by atoms with Gasteiger partial charge in [0.1, 0.15) is 23.3 Å². The molecular weight excluding hydrogens is 276 g/mol. The molecule has 2 fully saturated rings. The Bertz CT molecular complexity index is 587. The molecule has 0 N–H and O–H groups in total. The SMILES string of the molecule is CN1CCN2CC(c3ccc(F)c(C#N)c3F)OCC2C1. The van der Waals surface area contributed by atoms with Gasteiger partial charge in [0, 0.05) is 37.8 Å². The lowest BCUT2D eigenvalue weighted by Gasteiger charge is -2.45. The zero-order valence-corrected chi connectivity index (χ0v) is 11.9. The van der Waals surface area contributed by atoms with Crippen LogP contribution in [0.15, 0.2) is 12.1 Å². The summed E-state index contributed by atoms with van der Waals surface area (Å²) in [6.07, 6.45) is -0.447. The van der Waals surface area contributed by atoms with Gasteiger partial charge in [-0.15, -0.1) is 0 Å². The van der Waals surface area contributed by atoms with Crippen molar-refractivity contribution < 1.29 is 13.5 Å². The van der Waals surface area contributed by atoms with Crippen molar-refractivity contribution in [2.24, 2.45) is 0 Å². The molecule has 0 aliphatic carbocycles. The lowest BCUT2D eigenvalue weighted by Crippen LogP contribution is -2.57. The van der Waals surface area contributed by atoms with Crippen LogP contribution in [0.4, 0.5) is 8.78 Å². The Hall–Kier alpha value is -1.55. The number of morpholine rings is 1. The predicted molar refractivity (Wildman–Crippen MR) is 72.6 cm³/mol. The summed E-state index contributed by atoms with van der Waals surface area (Å²) in [5.74, 6) is -1.62. The van der Waals surface area contributed by atoms with Gasteiger partial charge in [-0.3, -0.25) is 4.90 Å². The summed E-state index contributed by atoms with van der Waals surface area (Å²) in [5.41, 5.74) is -0.262. The first-order valence-electron chi connectivity index (χ1n) is 7.02. The van der Waals surface area contributed by atoms with E-state index in [2.05, 4.69) is 16.8 Å². The normalized spacial score (nSPS) is 27.1. The maximum absolute atomic E-state index is 14.2. The average molecular weight is 293 g/mol. The van der Waals surface area contributed by atoms with Gasteiger partial charge in [-0.25, -0.2) is 8.78 Å². The zero-order valence-electron chi connectivity index (χ0n) is 11.9. The van der Waals surface area contributed by atoms with E-state index in [1.807, 2.05) is 0 Å². The van der Waals surface area contributed by atoms with Crippen molar-refractivity contribution in [2.75, 3.05) is 39.8 Å². The second kappa shape index (κ2) is 5.68. The summed E-state index contributed by atoms with van der Waals surface area (Å²) in [7, 11) is 2.07. The molecule has 6 heteroatoms. The molecule has 2 atom stereocenters. The highest BCUT2D eigenvalue weighted by atomic mass is 19.1. The second-order valence-corrected chi connectivity index (χ2v) is 5.67. The molecule has 0 amide bonds. The van der Waals surface area contributed by atoms with Crippen molar-refractivity contribution in [3.8, 4) is 6.07 Å². The van der Waals surface area contributed by atoms with Crippen LogP contribution in [0.3, 0.4) is 0 Å². The quantitative estimate of drug-likeness (QED) is 0.787. The highest BCUT2D eigenvalue weighted by Gasteiger charge is 2.34. The van der Waals surface area contributed by atoms with Gasteiger partial charge in [0.05, 0.1) is 12.7 Å². The summed E-state index contributed by atoms with van der Waals surface area (Å²) >= 11 is 0. The van der Waals surface area contributed by atoms with E-state index in [1.54, 1.807) is 6.07 Å². The Balaban J connectivity index is 1.82. The van der Waals surface area contributed by atoms with Gasteiger partial charge >= 0.3 is 0 Å². The first kappa shape index (κ1) is 14.4. The third kappa shape index (κ3) is 2.64. The lowest BCUT2D eigenvalue weighted by atomic mass is 10.0. The summed E-state index contributed by atoms with van der Waals surface area (Å²) < 4.78 is 33.4. The number of fused-ring (bicyclic) bond motifs is 1. The van der Waals surface area contributed by atoms with Crippen LogP contribution >= 0.6 is 0 Å². The third-order valence-corrected chi connectivity index (χ3v) is 4.28. The zero-order chi connectivity index (χ0) is 15.0. The van der Waals surface area contributed by atoms with Crippen LogP contribution in [0.2, 0.25) is 0 Å². The van der Waals surface area contributed by atoms with E-state index in [4.69, 9.17) is 10.00 Å². The molecule has 0 spiro atoms. The summed E-state index contributed by atoms with van der Waals surface area (Å²) in [5, 5.41) is 8.85. The Morgan fingerprint density at radius 2 is 2.10 bits per heavy atom. The van der Waals surface area contributed by atoms with E-state index in [9.17, 15) is 8.78 Å². The summed E-state index contributed by atoms with van der Waals surface area (Å²) in [4.78, 5) is 4.53. The molecule has 3 rings (SSSR count). The van der Waals surface area contributed by atoms with E-state index in [-0.39, 0.29) is 5.56 Å². The van der Waals surface area contributed by atoms with Crippen LogP contribution in [0.5, 0.6) is 0 Å². The number of likely N-dealkylation sites (N-methyl/N-ethyl adjacent to an activating group) is 1. The second-order valence-electron chi connectivity index (χ2n) is 5.67. The van der Waals surface area contributed by atoms with Crippen LogP contribution in [-0.4, -0.2) is 55.7 Å². The number of nitriles is 1. The maximum atomic E-state index is 14.2. The standard InChI is InChI=1S/C15H17F2N3O/c1-19-4-5-20-8-14(21-9-10(20)7-19)11-2-3-13(16)12(6-18)15(11)17/h2-3,10,14H,4-5,7-9H2,1H3. The first-order chi connectivity index (χ1) is 10.1. The van der Waals surface area contributed by atoms with Crippen molar-refractivity contribution in [3.05, 3.63) is 34.9 Å². The van der Waals surface area contributed by atoms with Crippen LogP contribution in [-0.2, 0) is 4.74 Å². The molecule has 2 aliphatic rings. The number of benzene rings is 1. The molecule has 1 aromatic rings. The third-order valence-electron chi connectivity index (χ3n) is 4.28. The van der Waals surface area contributed by atoms with E-state index in [1.165, 1.54) is 6.07 Å². The molecule has 112 valence electrons. The van der Waals surface area contributed by atoms with Gasteiger partial charge in [0.2, 0.25) is 0 Å². The number of hydrogen-bond donors (Lipinski definition) is 0. The monoisotopic (exact) mass is 293 g/mol. The molecule has 2 heterocycles. The Morgan fingerprint density at radius 1 is 1.29 bits per heavy atom. The summed E-state index contributed by atoms with van der Waals surface area (Å²) in [6.45, 7) is 3.91. The molecule has 21 heavy (non-hydrogen) atoms. The van der Waals surface area contributed by atoms with E-state index in [0.717, 1.165) is 25.7 Å². The number of rotatable bonds is 1. The fourth-order valence-electron chi connectivity index (χ4n) is 3.05. The van der Waals surface area contributed by atoms with Crippen LogP contribution in [0.1, 0.15) is 17.2 Å². The predicted octanol–water partition coefficient (Wildman–Crippen LogP) is 1.52. The molecule has 2 saturated heterocycles. The molecule has 0 radical (unpaired) electrons. The number of halogens is 2. The average Bonchev–Trinajstić information content (AvgIpc) is 2.47. The van der Waals surface area contributed by atoms with Gasteiger partial charge < -0.3 is 9.64 Å². The fraction of sp³-hybridized carbons (Fsp3) is 0.533. The molecule has 1 aromatic carbocycles. The van der Waals surface area contributed by atoms with Crippen molar-refractivity contribution >= 4 is 0 Å². The largest absolute Gasteiger partial charge is 0.370 e. The highest BCUT2D eigenvalue weighted by Crippen LogP contribution is 2.30. The molecule has 0 bridgehead atoms. The Morgan fingerprint density at radius 3 is 2.86 bits per heavy atom. The molecule has 2 unspecified atom stereocenters. The number of hydrogen-bond acceptors (Lipinski definition) is 4. The lowest BCUT2D eigenvalue weighted by molar-refractivity contribution is -0.0883. The van der Waals surface area contributed by atoms with E-state index < -0.39 is 23.3 Å². The van der Waals surface area contributed by atoms with Crippen molar-refractivity contribution in [1.82, 2.24) is 9.80 Å². The van der Waals surface area contributed by atoms with E-state index in [0.29, 0.717) is 19.2 Å². The van der Waals surface area contributed by atoms with Gasteiger partial charge in [-0.05, 0) is 13.1 Å². The van der Waals surface area contributed by atoms with Crippen molar-refractivity contribution in [3.63, 3.8) is 0 Å². The van der Waals surface area contributed by atoms with Crippen molar-refractivity contribution in [1.29, 1.82) is 5.26 Å². The van der Waals surface area contributed by atoms with Gasteiger partial charge in [-0.2, -0.15) is 5.26 Å². The van der Waals surface area contributed by atoms with Crippen LogP contribution < -0.4 is 0 Å². The minimum atomic E-state index is -0.827. The first-order valence-corrected chi connectivity index (χ1v) is 7.02.